The monoisotopic (exact) mass is 265 g/mol. The van der Waals surface area contributed by atoms with E-state index in [1.807, 2.05) is 6.92 Å². The van der Waals surface area contributed by atoms with E-state index in [0.717, 1.165) is 0 Å². The SMILES string of the molecule is COC(=O)c1ccc(N2C(=O)OCC2C)cc1OC. The molecule has 1 amide bonds. The summed E-state index contributed by atoms with van der Waals surface area (Å²) in [4.78, 5) is 24.7. The van der Waals surface area contributed by atoms with Gasteiger partial charge in [0.2, 0.25) is 0 Å². The van der Waals surface area contributed by atoms with Crippen molar-refractivity contribution in [2.75, 3.05) is 25.7 Å². The lowest BCUT2D eigenvalue weighted by molar-refractivity contribution is 0.0597. The average Bonchev–Trinajstić information content (AvgIpc) is 2.76. The summed E-state index contributed by atoms with van der Waals surface area (Å²) in [5.41, 5.74) is 0.938. The number of benzene rings is 1. The van der Waals surface area contributed by atoms with Gasteiger partial charge in [-0.05, 0) is 19.1 Å². The van der Waals surface area contributed by atoms with Gasteiger partial charge < -0.3 is 14.2 Å². The predicted molar refractivity (Wildman–Crippen MR) is 67.6 cm³/mol. The first kappa shape index (κ1) is 13.2. The largest absolute Gasteiger partial charge is 0.496 e. The third-order valence-electron chi connectivity index (χ3n) is 2.95. The van der Waals surface area contributed by atoms with E-state index in [4.69, 9.17) is 9.47 Å². The Bertz CT molecular complexity index is 514. The number of hydrogen-bond acceptors (Lipinski definition) is 5. The Kier molecular flexibility index (Phi) is 3.59. The Hall–Kier alpha value is -2.24. The molecule has 0 aliphatic carbocycles. The lowest BCUT2D eigenvalue weighted by Gasteiger charge is -2.19. The highest BCUT2D eigenvalue weighted by molar-refractivity contribution is 5.95. The van der Waals surface area contributed by atoms with Gasteiger partial charge in [-0.1, -0.05) is 0 Å². The molecule has 1 heterocycles. The van der Waals surface area contributed by atoms with Gasteiger partial charge in [-0.15, -0.1) is 0 Å². The minimum absolute atomic E-state index is 0.0545. The molecule has 0 N–H and O–H groups in total. The van der Waals surface area contributed by atoms with Gasteiger partial charge in [0.1, 0.15) is 17.9 Å². The maximum atomic E-state index is 11.6. The molecule has 2 rings (SSSR count). The molecule has 0 aromatic heterocycles. The van der Waals surface area contributed by atoms with Gasteiger partial charge in [0, 0.05) is 6.07 Å². The van der Waals surface area contributed by atoms with Crippen molar-refractivity contribution in [3.63, 3.8) is 0 Å². The second-order valence-corrected chi connectivity index (χ2v) is 4.17. The molecule has 1 aliphatic rings. The highest BCUT2D eigenvalue weighted by Crippen LogP contribution is 2.29. The van der Waals surface area contributed by atoms with Gasteiger partial charge in [0.25, 0.3) is 0 Å². The zero-order chi connectivity index (χ0) is 14.0. The van der Waals surface area contributed by atoms with Crippen LogP contribution in [-0.2, 0) is 9.47 Å². The number of methoxy groups -OCH3 is 2. The van der Waals surface area contributed by atoms with Crippen LogP contribution in [-0.4, -0.2) is 38.9 Å². The van der Waals surface area contributed by atoms with Crippen LogP contribution in [0.2, 0.25) is 0 Å². The normalized spacial score (nSPS) is 18.2. The predicted octanol–water partition coefficient (Wildman–Crippen LogP) is 1.83. The molecule has 1 aromatic carbocycles. The van der Waals surface area contributed by atoms with Crippen LogP contribution in [0.5, 0.6) is 5.75 Å². The molecule has 0 spiro atoms. The number of ether oxygens (including phenoxy) is 3. The smallest absolute Gasteiger partial charge is 0.414 e. The van der Waals surface area contributed by atoms with Gasteiger partial charge in [-0.3, -0.25) is 4.90 Å². The Labute approximate surface area is 110 Å². The number of esters is 1. The van der Waals surface area contributed by atoms with Crippen LogP contribution < -0.4 is 9.64 Å². The number of rotatable bonds is 3. The average molecular weight is 265 g/mol. The molecule has 1 aliphatic heterocycles. The molecule has 6 heteroatoms. The summed E-state index contributed by atoms with van der Waals surface area (Å²) in [7, 11) is 2.76. The second kappa shape index (κ2) is 5.17. The summed E-state index contributed by atoms with van der Waals surface area (Å²) in [6, 6.07) is 4.80. The van der Waals surface area contributed by atoms with Gasteiger partial charge in [0.05, 0.1) is 25.9 Å². The number of carbonyl (C=O) groups excluding carboxylic acids is 2. The van der Waals surface area contributed by atoms with E-state index in [0.29, 0.717) is 23.6 Å². The van der Waals surface area contributed by atoms with Crippen LogP contribution in [0.4, 0.5) is 10.5 Å². The minimum atomic E-state index is -0.486. The van der Waals surface area contributed by atoms with Crippen LogP contribution in [0.25, 0.3) is 0 Å². The van der Waals surface area contributed by atoms with E-state index in [-0.39, 0.29) is 6.04 Å². The van der Waals surface area contributed by atoms with Crippen molar-refractivity contribution >= 4 is 17.7 Å². The van der Waals surface area contributed by atoms with Crippen LogP contribution in [0.1, 0.15) is 17.3 Å². The highest BCUT2D eigenvalue weighted by atomic mass is 16.6. The number of cyclic esters (lactones) is 1. The van der Waals surface area contributed by atoms with Gasteiger partial charge in [-0.25, -0.2) is 9.59 Å². The zero-order valence-corrected chi connectivity index (χ0v) is 11.0. The van der Waals surface area contributed by atoms with Crippen molar-refractivity contribution in [1.29, 1.82) is 0 Å². The van der Waals surface area contributed by atoms with E-state index in [2.05, 4.69) is 4.74 Å². The first-order valence-corrected chi connectivity index (χ1v) is 5.80. The van der Waals surface area contributed by atoms with Gasteiger partial charge >= 0.3 is 12.1 Å². The van der Waals surface area contributed by atoms with Crippen molar-refractivity contribution in [3.05, 3.63) is 23.8 Å². The summed E-state index contributed by atoms with van der Waals surface area (Å²) in [6.07, 6.45) is -0.402. The molecular formula is C13H15NO5. The van der Waals surface area contributed by atoms with Crippen molar-refractivity contribution in [2.45, 2.75) is 13.0 Å². The first-order chi connectivity index (χ1) is 9.08. The fraction of sp³-hybridized carbons (Fsp3) is 0.385. The molecule has 1 atom stereocenters. The van der Waals surface area contributed by atoms with Crippen molar-refractivity contribution in [1.82, 2.24) is 0 Å². The van der Waals surface area contributed by atoms with Crippen LogP contribution in [0, 0.1) is 0 Å². The molecule has 1 unspecified atom stereocenters. The van der Waals surface area contributed by atoms with E-state index >= 15 is 0 Å². The molecule has 0 radical (unpaired) electrons. The second-order valence-electron chi connectivity index (χ2n) is 4.17. The first-order valence-electron chi connectivity index (χ1n) is 5.80. The van der Waals surface area contributed by atoms with E-state index in [1.54, 1.807) is 18.2 Å². The molecule has 102 valence electrons. The summed E-state index contributed by atoms with van der Waals surface area (Å²) >= 11 is 0. The zero-order valence-electron chi connectivity index (χ0n) is 11.0. The summed E-state index contributed by atoms with van der Waals surface area (Å²) in [5, 5.41) is 0. The lowest BCUT2D eigenvalue weighted by Crippen LogP contribution is -2.30. The number of hydrogen-bond donors (Lipinski definition) is 0. The highest BCUT2D eigenvalue weighted by Gasteiger charge is 2.31. The summed E-state index contributed by atoms with van der Waals surface area (Å²) < 4.78 is 14.8. The minimum Gasteiger partial charge on any atom is -0.496 e. The number of carbonyl (C=O) groups is 2. The van der Waals surface area contributed by atoms with Crippen LogP contribution in [0.3, 0.4) is 0 Å². The molecule has 1 fully saturated rings. The van der Waals surface area contributed by atoms with Crippen LogP contribution in [0.15, 0.2) is 18.2 Å². The van der Waals surface area contributed by atoms with E-state index in [9.17, 15) is 9.59 Å². The maximum Gasteiger partial charge on any atom is 0.414 e. The maximum absolute atomic E-state index is 11.6. The standard InChI is InChI=1S/C13H15NO5/c1-8-7-19-13(16)14(8)9-4-5-10(12(15)18-3)11(6-9)17-2/h4-6,8H,7H2,1-3H3. The Morgan fingerprint density at radius 1 is 1.42 bits per heavy atom. The van der Waals surface area contributed by atoms with Crippen molar-refractivity contribution < 1.29 is 23.8 Å². The van der Waals surface area contributed by atoms with Crippen LogP contribution >= 0.6 is 0 Å². The van der Waals surface area contributed by atoms with Gasteiger partial charge in [-0.2, -0.15) is 0 Å². The number of amides is 1. The van der Waals surface area contributed by atoms with Crippen molar-refractivity contribution in [3.8, 4) is 5.75 Å². The third kappa shape index (κ3) is 2.33. The Morgan fingerprint density at radius 3 is 2.68 bits per heavy atom. The topological polar surface area (TPSA) is 65.1 Å². The fourth-order valence-corrected chi connectivity index (χ4v) is 1.98. The molecule has 0 saturated carbocycles. The Morgan fingerprint density at radius 2 is 2.16 bits per heavy atom. The fourth-order valence-electron chi connectivity index (χ4n) is 1.98. The molecule has 0 bridgehead atoms. The van der Waals surface area contributed by atoms with Crippen molar-refractivity contribution in [2.24, 2.45) is 0 Å². The molecular weight excluding hydrogens is 250 g/mol. The molecule has 1 aromatic rings. The quantitative estimate of drug-likeness (QED) is 0.780. The Balaban J connectivity index is 2.39. The lowest BCUT2D eigenvalue weighted by atomic mass is 10.1. The molecule has 19 heavy (non-hydrogen) atoms. The molecule has 6 nitrogen and oxygen atoms in total. The van der Waals surface area contributed by atoms with E-state index < -0.39 is 12.1 Å². The number of nitrogens with zero attached hydrogens (tertiary/aromatic N) is 1. The summed E-state index contributed by atoms with van der Waals surface area (Å²) in [6.45, 7) is 2.23. The van der Waals surface area contributed by atoms with Gasteiger partial charge in [0.15, 0.2) is 0 Å². The van der Waals surface area contributed by atoms with E-state index in [1.165, 1.54) is 19.1 Å². The number of anilines is 1. The summed E-state index contributed by atoms with van der Waals surface area (Å²) in [5.74, 6) is -0.128. The molecule has 1 saturated heterocycles. The third-order valence-corrected chi connectivity index (χ3v) is 2.95.